The number of carbonyl (C=O) groups is 1. The van der Waals surface area contributed by atoms with E-state index in [9.17, 15) is 10.1 Å². The minimum absolute atomic E-state index is 0.251. The molecule has 0 radical (unpaired) electrons. The largest absolute Gasteiger partial charge is 0.382 e. The first-order valence-electron chi connectivity index (χ1n) is 8.67. The van der Waals surface area contributed by atoms with Crippen molar-refractivity contribution < 1.29 is 4.79 Å². The summed E-state index contributed by atoms with van der Waals surface area (Å²) >= 11 is 7.29. The zero-order valence-electron chi connectivity index (χ0n) is 15.0. The number of hydrogen-bond donors (Lipinski definition) is 3. The van der Waals surface area contributed by atoms with E-state index in [1.54, 1.807) is 10.7 Å². The number of benzene rings is 1. The molecule has 9 heteroatoms. The van der Waals surface area contributed by atoms with Gasteiger partial charge in [0.2, 0.25) is 0 Å². The minimum Gasteiger partial charge on any atom is -0.382 e. The average molecular weight is 415 g/mol. The van der Waals surface area contributed by atoms with Crippen molar-refractivity contribution in [2.75, 3.05) is 12.3 Å². The van der Waals surface area contributed by atoms with Crippen molar-refractivity contribution in [1.82, 2.24) is 20.4 Å². The van der Waals surface area contributed by atoms with Crippen LogP contribution in [0.1, 0.15) is 22.6 Å². The molecule has 0 bridgehead atoms. The van der Waals surface area contributed by atoms with Crippen LogP contribution in [0.15, 0.2) is 42.5 Å². The lowest BCUT2D eigenvalue weighted by Gasteiger charge is -2.06. The molecule has 3 aromatic rings. The van der Waals surface area contributed by atoms with E-state index in [1.807, 2.05) is 36.4 Å². The number of rotatable bonds is 7. The van der Waals surface area contributed by atoms with Gasteiger partial charge in [-0.25, -0.2) is 9.48 Å². The zero-order chi connectivity index (χ0) is 19.9. The average Bonchev–Trinajstić information content (AvgIpc) is 3.26. The molecule has 2 aromatic heterocycles. The number of amides is 2. The molecule has 2 amide bonds. The van der Waals surface area contributed by atoms with Crippen molar-refractivity contribution in [1.29, 1.82) is 5.26 Å². The summed E-state index contributed by atoms with van der Waals surface area (Å²) in [6.45, 7) is 0.889. The van der Waals surface area contributed by atoms with E-state index in [2.05, 4.69) is 21.8 Å². The summed E-state index contributed by atoms with van der Waals surface area (Å²) in [5, 5.41) is 19.5. The quantitative estimate of drug-likeness (QED) is 0.514. The van der Waals surface area contributed by atoms with E-state index in [0.29, 0.717) is 47.3 Å². The van der Waals surface area contributed by atoms with Gasteiger partial charge in [-0.05, 0) is 37.1 Å². The van der Waals surface area contributed by atoms with Crippen molar-refractivity contribution in [2.24, 2.45) is 0 Å². The number of hydrogen-bond acceptors (Lipinski definition) is 5. The van der Waals surface area contributed by atoms with Gasteiger partial charge < -0.3 is 16.4 Å². The molecule has 1 aromatic carbocycles. The van der Waals surface area contributed by atoms with Crippen LogP contribution in [-0.2, 0) is 13.0 Å². The third-order valence-electron chi connectivity index (χ3n) is 4.03. The first-order chi connectivity index (χ1) is 13.6. The van der Waals surface area contributed by atoms with Gasteiger partial charge in [0.15, 0.2) is 0 Å². The lowest BCUT2D eigenvalue weighted by Crippen LogP contribution is -2.35. The molecule has 3 rings (SSSR count). The Bertz CT molecular complexity index is 992. The summed E-state index contributed by atoms with van der Waals surface area (Å²) in [7, 11) is 0. The highest BCUT2D eigenvalue weighted by Gasteiger charge is 2.16. The molecule has 0 aliphatic carbocycles. The first-order valence-corrected chi connectivity index (χ1v) is 9.86. The number of aryl methyl sites for hydroxylation is 1. The highest BCUT2D eigenvalue weighted by molar-refractivity contribution is 7.16. The highest BCUT2D eigenvalue weighted by atomic mass is 35.5. The third-order valence-corrected chi connectivity index (χ3v) is 5.27. The number of carbonyl (C=O) groups excluding carboxylic acids is 1. The molecule has 28 heavy (non-hydrogen) atoms. The van der Waals surface area contributed by atoms with Gasteiger partial charge in [-0.3, -0.25) is 0 Å². The van der Waals surface area contributed by atoms with Crippen LogP contribution < -0.4 is 16.4 Å². The number of nitrogens with zero attached hydrogens (tertiary/aromatic N) is 3. The van der Waals surface area contributed by atoms with Gasteiger partial charge in [-0.1, -0.05) is 29.8 Å². The van der Waals surface area contributed by atoms with Crippen LogP contribution in [0.5, 0.6) is 0 Å². The van der Waals surface area contributed by atoms with Crippen LogP contribution in [-0.4, -0.2) is 22.4 Å². The number of aromatic nitrogens is 2. The fourth-order valence-corrected chi connectivity index (χ4v) is 3.70. The van der Waals surface area contributed by atoms with Gasteiger partial charge in [-0.2, -0.15) is 10.4 Å². The molecule has 2 heterocycles. The third kappa shape index (κ3) is 4.82. The van der Waals surface area contributed by atoms with Crippen molar-refractivity contribution in [2.45, 2.75) is 19.4 Å². The molecule has 144 valence electrons. The predicted octanol–water partition coefficient (Wildman–Crippen LogP) is 3.47. The number of halogens is 1. The lowest BCUT2D eigenvalue weighted by molar-refractivity contribution is 0.240. The molecule has 0 atom stereocenters. The summed E-state index contributed by atoms with van der Waals surface area (Å²) in [6, 6.07) is 15.0. The fourth-order valence-electron chi connectivity index (χ4n) is 2.68. The molecular formula is C19H19ClN6OS. The van der Waals surface area contributed by atoms with Crippen LogP contribution in [0.2, 0.25) is 4.34 Å². The Labute approximate surface area is 171 Å². The topological polar surface area (TPSA) is 109 Å². The maximum atomic E-state index is 11.9. The Hall–Kier alpha value is -3.02. The number of nitrogens with two attached hydrogens (primary N) is 1. The molecule has 0 spiro atoms. The van der Waals surface area contributed by atoms with E-state index in [0.717, 1.165) is 10.6 Å². The standard InChI is InChI=1S/C19H19ClN6OS/c20-17-9-8-14(28-17)12-24-19(27)23-10-4-7-16-15(11-21)18(22)26(25-16)13-5-2-1-3-6-13/h1-3,5-6,8-9H,4,7,10,12,22H2,(H2,23,24,27). The SMILES string of the molecule is N#Cc1c(CCCNC(=O)NCc2ccc(Cl)s2)nn(-c2ccccc2)c1N. The Kier molecular flexibility index (Phi) is 6.53. The van der Waals surface area contributed by atoms with Crippen molar-refractivity contribution in [3.8, 4) is 11.8 Å². The van der Waals surface area contributed by atoms with Crippen LogP contribution in [0.4, 0.5) is 10.6 Å². The maximum Gasteiger partial charge on any atom is 0.315 e. The molecule has 4 N–H and O–H groups in total. The summed E-state index contributed by atoms with van der Waals surface area (Å²) in [6.07, 6.45) is 1.17. The number of anilines is 1. The lowest BCUT2D eigenvalue weighted by atomic mass is 10.1. The monoisotopic (exact) mass is 414 g/mol. The van der Waals surface area contributed by atoms with E-state index in [-0.39, 0.29) is 6.03 Å². The fraction of sp³-hybridized carbons (Fsp3) is 0.211. The van der Waals surface area contributed by atoms with E-state index in [1.165, 1.54) is 11.3 Å². The van der Waals surface area contributed by atoms with E-state index in [4.69, 9.17) is 17.3 Å². The first kappa shape index (κ1) is 19.7. The number of nitrogens with one attached hydrogen (secondary N) is 2. The van der Waals surface area contributed by atoms with Crippen LogP contribution in [0.25, 0.3) is 5.69 Å². The van der Waals surface area contributed by atoms with Crippen molar-refractivity contribution >= 4 is 34.8 Å². The Morgan fingerprint density at radius 2 is 2.04 bits per heavy atom. The zero-order valence-corrected chi connectivity index (χ0v) is 16.6. The van der Waals surface area contributed by atoms with Gasteiger partial charge in [0.1, 0.15) is 17.5 Å². The molecule has 0 fully saturated rings. The summed E-state index contributed by atoms with van der Waals surface area (Å²) < 4.78 is 2.26. The van der Waals surface area contributed by atoms with Gasteiger partial charge in [0.25, 0.3) is 0 Å². The molecular weight excluding hydrogens is 396 g/mol. The van der Waals surface area contributed by atoms with Crippen LogP contribution >= 0.6 is 22.9 Å². The van der Waals surface area contributed by atoms with Crippen molar-refractivity contribution in [3.05, 3.63) is 62.9 Å². The Balaban J connectivity index is 1.50. The Morgan fingerprint density at radius 1 is 1.25 bits per heavy atom. The maximum absolute atomic E-state index is 11.9. The number of nitriles is 1. The molecule has 0 aliphatic rings. The Morgan fingerprint density at radius 3 is 2.71 bits per heavy atom. The van der Waals surface area contributed by atoms with Gasteiger partial charge in [-0.15, -0.1) is 11.3 Å². The second-order valence-corrected chi connectivity index (χ2v) is 7.78. The number of thiophene rings is 1. The predicted molar refractivity (Wildman–Crippen MR) is 111 cm³/mol. The van der Waals surface area contributed by atoms with Crippen LogP contribution in [0.3, 0.4) is 0 Å². The summed E-state index contributed by atoms with van der Waals surface area (Å²) in [5.41, 5.74) is 7.89. The summed E-state index contributed by atoms with van der Waals surface area (Å²) in [4.78, 5) is 12.8. The minimum atomic E-state index is -0.251. The smallest absolute Gasteiger partial charge is 0.315 e. The van der Waals surface area contributed by atoms with Gasteiger partial charge in [0.05, 0.1) is 22.3 Å². The molecule has 0 unspecified atom stereocenters. The number of nitrogen functional groups attached to an aromatic ring is 1. The number of para-hydroxylation sites is 1. The van der Waals surface area contributed by atoms with Gasteiger partial charge in [0, 0.05) is 11.4 Å². The van der Waals surface area contributed by atoms with Gasteiger partial charge >= 0.3 is 6.03 Å². The highest BCUT2D eigenvalue weighted by Crippen LogP contribution is 2.22. The second kappa shape index (κ2) is 9.26. The molecule has 7 nitrogen and oxygen atoms in total. The van der Waals surface area contributed by atoms with Crippen LogP contribution in [0, 0.1) is 11.3 Å². The number of urea groups is 1. The van der Waals surface area contributed by atoms with E-state index >= 15 is 0 Å². The van der Waals surface area contributed by atoms with Crippen molar-refractivity contribution in [3.63, 3.8) is 0 Å². The second-order valence-electron chi connectivity index (χ2n) is 5.98. The van der Waals surface area contributed by atoms with E-state index < -0.39 is 0 Å². The molecule has 0 saturated carbocycles. The normalized spacial score (nSPS) is 10.4. The summed E-state index contributed by atoms with van der Waals surface area (Å²) in [5.74, 6) is 0.323. The molecule has 0 saturated heterocycles. The molecule has 0 aliphatic heterocycles.